The number of nitrogens with zero attached hydrogens (tertiary/aromatic N) is 1. The van der Waals surface area contributed by atoms with Gasteiger partial charge in [0.1, 0.15) is 0 Å². The highest BCUT2D eigenvalue weighted by atomic mass is 16.6. The van der Waals surface area contributed by atoms with Gasteiger partial charge in [0.25, 0.3) is 0 Å². The summed E-state index contributed by atoms with van der Waals surface area (Å²) >= 11 is 0. The van der Waals surface area contributed by atoms with Crippen LogP contribution in [0.4, 0.5) is 0 Å². The van der Waals surface area contributed by atoms with E-state index in [2.05, 4.69) is 30.1 Å². The third-order valence-corrected chi connectivity index (χ3v) is 5.47. The van der Waals surface area contributed by atoms with Crippen molar-refractivity contribution in [1.82, 2.24) is 4.90 Å². The predicted octanol–water partition coefficient (Wildman–Crippen LogP) is 2.88. The van der Waals surface area contributed by atoms with Crippen LogP contribution in [-0.4, -0.2) is 55.1 Å². The average molecular weight is 355 g/mol. The van der Waals surface area contributed by atoms with Crippen LogP contribution in [0.2, 0.25) is 0 Å². The Hall–Kier alpha value is -2.08. The Morgan fingerprint density at radius 3 is 2.38 bits per heavy atom. The molecule has 0 radical (unpaired) electrons. The maximum absolute atomic E-state index is 10.3. The van der Waals surface area contributed by atoms with Gasteiger partial charge in [-0.2, -0.15) is 0 Å². The molecular weight excluding hydrogens is 330 g/mol. The van der Waals surface area contributed by atoms with Crippen LogP contribution in [0.5, 0.6) is 11.5 Å². The van der Waals surface area contributed by atoms with Gasteiger partial charge in [-0.1, -0.05) is 24.3 Å². The molecule has 5 rings (SSSR count). The van der Waals surface area contributed by atoms with Gasteiger partial charge in [-0.3, -0.25) is 4.90 Å². The zero-order valence-corrected chi connectivity index (χ0v) is 15.1. The highest BCUT2D eigenvalue weighted by Gasteiger charge is 2.34. The van der Waals surface area contributed by atoms with E-state index in [0.717, 1.165) is 62.5 Å². The lowest BCUT2D eigenvalue weighted by Crippen LogP contribution is -2.35. The zero-order valence-electron chi connectivity index (χ0n) is 15.1. The lowest BCUT2D eigenvalue weighted by atomic mass is 9.77. The van der Waals surface area contributed by atoms with Crippen LogP contribution in [0, 0.1) is 0 Å². The molecule has 26 heavy (non-hydrogen) atoms. The molecule has 5 heteroatoms. The molecule has 0 bridgehead atoms. The summed E-state index contributed by atoms with van der Waals surface area (Å²) in [4.78, 5) is 2.39. The molecule has 2 heterocycles. The minimum Gasteiger partial charge on any atom is -0.504 e. The molecule has 2 N–H and O–H groups in total. The van der Waals surface area contributed by atoms with Crippen molar-refractivity contribution in [3.63, 3.8) is 0 Å². The van der Waals surface area contributed by atoms with Gasteiger partial charge in [-0.25, -0.2) is 0 Å². The molecule has 0 amide bonds. The fourth-order valence-corrected chi connectivity index (χ4v) is 4.11. The standard InChI is InChI=1S/C17H17NO2.C4H8O2/c1-18-8-7-10-3-2-4-12-15(10)13(18)9-11-5-6-14(19)17(20)16(11)12;1-2-6-4-3-5-1/h2-6,13,19-20H,7-9H2,1H3;1-4H2/t13-;/m1./s1. The third-order valence-electron chi connectivity index (χ3n) is 5.47. The molecule has 1 saturated heterocycles. The third kappa shape index (κ3) is 3.07. The number of phenolic OH excluding ortho intramolecular Hbond substituents is 2. The van der Waals surface area contributed by atoms with Crippen LogP contribution in [0.25, 0.3) is 11.1 Å². The number of benzene rings is 2. The van der Waals surface area contributed by atoms with E-state index in [1.54, 1.807) is 6.07 Å². The van der Waals surface area contributed by atoms with Gasteiger partial charge in [0, 0.05) is 18.2 Å². The molecule has 0 aromatic heterocycles. The van der Waals surface area contributed by atoms with E-state index in [-0.39, 0.29) is 11.5 Å². The fourth-order valence-electron chi connectivity index (χ4n) is 4.11. The van der Waals surface area contributed by atoms with Crippen molar-refractivity contribution in [3.8, 4) is 22.6 Å². The van der Waals surface area contributed by atoms with E-state index in [1.807, 2.05) is 6.07 Å². The molecule has 1 atom stereocenters. The molecule has 2 aliphatic heterocycles. The van der Waals surface area contributed by atoms with Crippen molar-refractivity contribution in [2.45, 2.75) is 18.9 Å². The second-order valence-electron chi connectivity index (χ2n) is 7.02. The smallest absolute Gasteiger partial charge is 0.165 e. The van der Waals surface area contributed by atoms with Gasteiger partial charge in [-0.05, 0) is 48.2 Å². The zero-order chi connectivity index (χ0) is 18.1. The van der Waals surface area contributed by atoms with E-state index in [1.165, 1.54) is 11.1 Å². The van der Waals surface area contributed by atoms with Crippen LogP contribution in [0.3, 0.4) is 0 Å². The minimum absolute atomic E-state index is 0.0163. The number of rotatable bonds is 0. The summed E-state index contributed by atoms with van der Waals surface area (Å²) in [5.74, 6) is -0.0217. The predicted molar refractivity (Wildman–Crippen MR) is 99.6 cm³/mol. The largest absolute Gasteiger partial charge is 0.504 e. The number of likely N-dealkylation sites (N-methyl/N-ethyl adjacent to an activating group) is 1. The second-order valence-corrected chi connectivity index (χ2v) is 7.02. The summed E-state index contributed by atoms with van der Waals surface area (Å²) < 4.78 is 9.89. The molecule has 3 aliphatic rings. The first-order valence-corrected chi connectivity index (χ1v) is 9.18. The molecule has 1 fully saturated rings. The van der Waals surface area contributed by atoms with Crippen molar-refractivity contribution in [1.29, 1.82) is 0 Å². The Morgan fingerprint density at radius 2 is 1.69 bits per heavy atom. The summed E-state index contributed by atoms with van der Waals surface area (Å²) in [6.07, 6.45) is 1.94. The Labute approximate surface area is 153 Å². The highest BCUT2D eigenvalue weighted by molar-refractivity contribution is 5.82. The van der Waals surface area contributed by atoms with E-state index < -0.39 is 0 Å². The van der Waals surface area contributed by atoms with E-state index in [0.29, 0.717) is 6.04 Å². The molecule has 1 aliphatic carbocycles. The Bertz CT molecular complexity index is 789. The Balaban J connectivity index is 0.000000240. The first-order chi connectivity index (χ1) is 12.7. The second kappa shape index (κ2) is 7.27. The summed E-state index contributed by atoms with van der Waals surface area (Å²) in [5, 5.41) is 20.1. The highest BCUT2D eigenvalue weighted by Crippen LogP contribution is 2.49. The van der Waals surface area contributed by atoms with Crippen molar-refractivity contribution in [3.05, 3.63) is 47.0 Å². The van der Waals surface area contributed by atoms with E-state index >= 15 is 0 Å². The maximum atomic E-state index is 10.3. The normalized spacial score (nSPS) is 21.2. The summed E-state index contributed by atoms with van der Waals surface area (Å²) in [6, 6.07) is 10.2. The quantitative estimate of drug-likeness (QED) is 0.712. The van der Waals surface area contributed by atoms with Crippen LogP contribution in [0.15, 0.2) is 30.3 Å². The minimum atomic E-state index is -0.0380. The molecule has 0 saturated carbocycles. The molecule has 5 nitrogen and oxygen atoms in total. The number of fused-ring (bicyclic) bond motifs is 2. The van der Waals surface area contributed by atoms with Gasteiger partial charge in [-0.15, -0.1) is 0 Å². The van der Waals surface area contributed by atoms with Gasteiger partial charge in [0.2, 0.25) is 0 Å². The van der Waals surface area contributed by atoms with Gasteiger partial charge in [0.15, 0.2) is 11.5 Å². The summed E-state index contributed by atoms with van der Waals surface area (Å²) in [7, 11) is 2.16. The number of phenols is 2. The topological polar surface area (TPSA) is 62.2 Å². The first kappa shape index (κ1) is 17.3. The SMILES string of the molecule is C1COCCO1.CN1CCc2cccc3c2[C@H]1Cc1ccc(O)c(O)c1-3. The maximum Gasteiger partial charge on any atom is 0.165 e. The molecule has 0 spiro atoms. The molecule has 138 valence electrons. The lowest BCUT2D eigenvalue weighted by molar-refractivity contribution is -0.0334. The van der Waals surface area contributed by atoms with Crippen LogP contribution >= 0.6 is 0 Å². The fraction of sp³-hybridized carbons (Fsp3) is 0.429. The Morgan fingerprint density at radius 1 is 0.962 bits per heavy atom. The molecular formula is C21H25NO4. The number of ether oxygens (including phenoxy) is 2. The molecule has 0 unspecified atom stereocenters. The Kier molecular flexibility index (Phi) is 4.85. The van der Waals surface area contributed by atoms with Crippen LogP contribution in [0.1, 0.15) is 22.7 Å². The molecule has 2 aromatic carbocycles. The number of hydrogen-bond acceptors (Lipinski definition) is 5. The van der Waals surface area contributed by atoms with Crippen molar-refractivity contribution < 1.29 is 19.7 Å². The van der Waals surface area contributed by atoms with Crippen molar-refractivity contribution in [2.24, 2.45) is 0 Å². The monoisotopic (exact) mass is 355 g/mol. The van der Waals surface area contributed by atoms with Gasteiger partial charge >= 0.3 is 0 Å². The average Bonchev–Trinajstić information content (AvgIpc) is 2.69. The van der Waals surface area contributed by atoms with Gasteiger partial charge < -0.3 is 19.7 Å². The van der Waals surface area contributed by atoms with E-state index in [9.17, 15) is 10.2 Å². The number of aromatic hydroxyl groups is 2. The lowest BCUT2D eigenvalue weighted by Gasteiger charge is -2.39. The van der Waals surface area contributed by atoms with Crippen LogP contribution in [-0.2, 0) is 22.3 Å². The summed E-state index contributed by atoms with van der Waals surface area (Å²) in [6.45, 7) is 4.18. The van der Waals surface area contributed by atoms with E-state index in [4.69, 9.17) is 9.47 Å². The summed E-state index contributed by atoms with van der Waals surface area (Å²) in [5.41, 5.74) is 5.71. The van der Waals surface area contributed by atoms with Crippen molar-refractivity contribution >= 4 is 0 Å². The molecule has 2 aromatic rings. The van der Waals surface area contributed by atoms with Crippen LogP contribution < -0.4 is 0 Å². The first-order valence-electron chi connectivity index (χ1n) is 9.18. The van der Waals surface area contributed by atoms with Gasteiger partial charge in [0.05, 0.1) is 26.4 Å². The number of hydrogen-bond donors (Lipinski definition) is 2. The van der Waals surface area contributed by atoms with Crippen molar-refractivity contribution in [2.75, 3.05) is 40.0 Å².